The third-order valence-corrected chi connectivity index (χ3v) is 2.30. The number of benzene rings is 1. The first-order valence-corrected chi connectivity index (χ1v) is 5.31. The van der Waals surface area contributed by atoms with E-state index in [0.717, 1.165) is 23.6 Å². The van der Waals surface area contributed by atoms with E-state index in [1.165, 1.54) is 0 Å². The molecule has 0 spiro atoms. The summed E-state index contributed by atoms with van der Waals surface area (Å²) in [4.78, 5) is 0. The van der Waals surface area contributed by atoms with Gasteiger partial charge in [-0.05, 0) is 24.6 Å². The SMILES string of the molecule is CCn1cc(Oc2cccc(CN)c2)cn1. The van der Waals surface area contributed by atoms with Crippen LogP contribution in [0.25, 0.3) is 0 Å². The highest BCUT2D eigenvalue weighted by atomic mass is 16.5. The lowest BCUT2D eigenvalue weighted by Gasteiger charge is -2.04. The van der Waals surface area contributed by atoms with Crippen molar-refractivity contribution in [3.05, 3.63) is 42.2 Å². The maximum atomic E-state index is 5.66. The van der Waals surface area contributed by atoms with E-state index in [2.05, 4.69) is 5.10 Å². The highest BCUT2D eigenvalue weighted by Crippen LogP contribution is 2.21. The van der Waals surface area contributed by atoms with Gasteiger partial charge in [-0.15, -0.1) is 0 Å². The smallest absolute Gasteiger partial charge is 0.165 e. The number of nitrogens with zero attached hydrogens (tertiary/aromatic N) is 2. The zero-order valence-electron chi connectivity index (χ0n) is 9.26. The molecule has 2 N–H and O–H groups in total. The maximum Gasteiger partial charge on any atom is 0.165 e. The van der Waals surface area contributed by atoms with Crippen LogP contribution in [0.1, 0.15) is 12.5 Å². The van der Waals surface area contributed by atoms with Crippen LogP contribution in [0.4, 0.5) is 0 Å². The predicted molar refractivity (Wildman–Crippen MR) is 62.3 cm³/mol. The first-order valence-electron chi connectivity index (χ1n) is 5.31. The molecule has 2 rings (SSSR count). The lowest BCUT2D eigenvalue weighted by molar-refractivity contribution is 0.480. The molecule has 4 heteroatoms. The fourth-order valence-electron chi connectivity index (χ4n) is 1.44. The maximum absolute atomic E-state index is 5.66. The molecule has 16 heavy (non-hydrogen) atoms. The van der Waals surface area contributed by atoms with E-state index in [9.17, 15) is 0 Å². The Morgan fingerprint density at radius 3 is 2.94 bits per heavy atom. The highest BCUT2D eigenvalue weighted by molar-refractivity contribution is 5.32. The van der Waals surface area contributed by atoms with Crippen molar-refractivity contribution in [1.29, 1.82) is 0 Å². The quantitative estimate of drug-likeness (QED) is 0.853. The van der Waals surface area contributed by atoms with E-state index in [1.807, 2.05) is 42.1 Å². The molecule has 0 bridgehead atoms. The Balaban J connectivity index is 2.13. The minimum atomic E-state index is 0.519. The van der Waals surface area contributed by atoms with Crippen molar-refractivity contribution < 1.29 is 4.74 Å². The molecule has 1 heterocycles. The van der Waals surface area contributed by atoms with E-state index in [1.54, 1.807) is 6.20 Å². The summed E-state index contributed by atoms with van der Waals surface area (Å²) in [5.41, 5.74) is 6.62. The summed E-state index contributed by atoms with van der Waals surface area (Å²) in [6, 6.07) is 7.75. The fraction of sp³-hybridized carbons (Fsp3) is 0.250. The van der Waals surface area contributed by atoms with Crippen molar-refractivity contribution in [2.75, 3.05) is 0 Å². The zero-order valence-corrected chi connectivity index (χ0v) is 9.26. The fourth-order valence-corrected chi connectivity index (χ4v) is 1.44. The van der Waals surface area contributed by atoms with Crippen LogP contribution in [0.3, 0.4) is 0 Å². The topological polar surface area (TPSA) is 53.1 Å². The second kappa shape index (κ2) is 4.81. The first kappa shape index (κ1) is 10.7. The Morgan fingerprint density at radius 1 is 1.38 bits per heavy atom. The van der Waals surface area contributed by atoms with Gasteiger partial charge in [0.15, 0.2) is 5.75 Å². The van der Waals surface area contributed by atoms with Gasteiger partial charge in [-0.3, -0.25) is 4.68 Å². The van der Waals surface area contributed by atoms with Crippen LogP contribution in [0.5, 0.6) is 11.5 Å². The average molecular weight is 217 g/mol. The Labute approximate surface area is 94.6 Å². The second-order valence-electron chi connectivity index (χ2n) is 3.49. The second-order valence-corrected chi connectivity index (χ2v) is 3.49. The summed E-state index contributed by atoms with van der Waals surface area (Å²) in [6.45, 7) is 3.39. The Bertz CT molecular complexity index is 465. The molecule has 0 aliphatic carbocycles. The molecule has 0 unspecified atom stereocenters. The summed E-state index contributed by atoms with van der Waals surface area (Å²) in [7, 11) is 0. The van der Waals surface area contributed by atoms with Crippen LogP contribution < -0.4 is 10.5 Å². The van der Waals surface area contributed by atoms with E-state index in [-0.39, 0.29) is 0 Å². The average Bonchev–Trinajstić information content (AvgIpc) is 2.77. The van der Waals surface area contributed by atoms with Crippen LogP contribution in [-0.4, -0.2) is 9.78 Å². The summed E-state index contributed by atoms with van der Waals surface area (Å²) in [6.07, 6.45) is 3.58. The number of ether oxygens (including phenoxy) is 1. The molecule has 1 aromatic carbocycles. The van der Waals surface area contributed by atoms with Crippen LogP contribution in [0.15, 0.2) is 36.7 Å². The van der Waals surface area contributed by atoms with Gasteiger partial charge in [-0.1, -0.05) is 12.1 Å². The number of rotatable bonds is 4. The van der Waals surface area contributed by atoms with E-state index in [4.69, 9.17) is 10.5 Å². The minimum Gasteiger partial charge on any atom is -0.454 e. The van der Waals surface area contributed by atoms with E-state index < -0.39 is 0 Å². The molecular weight excluding hydrogens is 202 g/mol. The minimum absolute atomic E-state index is 0.519. The molecule has 0 saturated carbocycles. The van der Waals surface area contributed by atoms with Gasteiger partial charge < -0.3 is 10.5 Å². The lowest BCUT2D eigenvalue weighted by Crippen LogP contribution is -1.96. The molecule has 2 aromatic rings. The lowest BCUT2D eigenvalue weighted by atomic mass is 10.2. The molecule has 0 aliphatic heterocycles. The van der Waals surface area contributed by atoms with E-state index >= 15 is 0 Å². The number of hydrogen-bond acceptors (Lipinski definition) is 3. The molecular formula is C12H15N3O. The van der Waals surface area contributed by atoms with Gasteiger partial charge in [-0.2, -0.15) is 5.10 Å². The molecule has 0 amide bonds. The van der Waals surface area contributed by atoms with Crippen molar-refractivity contribution in [1.82, 2.24) is 9.78 Å². The van der Waals surface area contributed by atoms with Crippen LogP contribution in [-0.2, 0) is 13.1 Å². The third kappa shape index (κ3) is 2.41. The molecule has 0 radical (unpaired) electrons. The molecule has 0 fully saturated rings. The van der Waals surface area contributed by atoms with Crippen molar-refractivity contribution in [3.8, 4) is 11.5 Å². The summed E-state index contributed by atoms with van der Waals surface area (Å²) in [5, 5.41) is 4.14. The van der Waals surface area contributed by atoms with Crippen molar-refractivity contribution >= 4 is 0 Å². The summed E-state index contributed by atoms with van der Waals surface area (Å²) < 4.78 is 7.49. The molecule has 0 atom stereocenters. The Kier molecular flexibility index (Phi) is 3.22. The number of aryl methyl sites for hydroxylation is 1. The number of hydrogen-bond donors (Lipinski definition) is 1. The molecule has 0 saturated heterocycles. The van der Waals surface area contributed by atoms with Crippen molar-refractivity contribution in [2.24, 2.45) is 5.73 Å². The number of aromatic nitrogens is 2. The molecule has 1 aromatic heterocycles. The van der Waals surface area contributed by atoms with Gasteiger partial charge in [0.25, 0.3) is 0 Å². The first-order chi connectivity index (χ1) is 7.81. The van der Waals surface area contributed by atoms with Crippen LogP contribution in [0.2, 0.25) is 0 Å². The molecule has 4 nitrogen and oxygen atoms in total. The van der Waals surface area contributed by atoms with Crippen LogP contribution in [0, 0.1) is 0 Å². The van der Waals surface area contributed by atoms with Crippen molar-refractivity contribution in [3.63, 3.8) is 0 Å². The van der Waals surface area contributed by atoms with Crippen LogP contribution >= 0.6 is 0 Å². The molecule has 84 valence electrons. The van der Waals surface area contributed by atoms with Gasteiger partial charge in [0.2, 0.25) is 0 Å². The monoisotopic (exact) mass is 217 g/mol. The van der Waals surface area contributed by atoms with Crippen molar-refractivity contribution in [2.45, 2.75) is 20.0 Å². The number of nitrogens with two attached hydrogens (primary N) is 1. The zero-order chi connectivity index (χ0) is 11.4. The van der Waals surface area contributed by atoms with Gasteiger partial charge in [0.05, 0.1) is 12.4 Å². The predicted octanol–water partition coefficient (Wildman–Crippen LogP) is 2.15. The molecule has 0 aliphatic rings. The standard InChI is InChI=1S/C12H15N3O/c1-2-15-9-12(8-14-15)16-11-5-3-4-10(6-11)7-13/h3-6,8-9H,2,7,13H2,1H3. The Morgan fingerprint density at radius 2 is 2.25 bits per heavy atom. The largest absolute Gasteiger partial charge is 0.454 e. The summed E-state index contributed by atoms with van der Waals surface area (Å²) in [5.74, 6) is 1.54. The van der Waals surface area contributed by atoms with Gasteiger partial charge in [0.1, 0.15) is 5.75 Å². The normalized spacial score (nSPS) is 10.4. The van der Waals surface area contributed by atoms with E-state index in [0.29, 0.717) is 6.54 Å². The highest BCUT2D eigenvalue weighted by Gasteiger charge is 2.00. The summed E-state index contributed by atoms with van der Waals surface area (Å²) >= 11 is 0. The Hall–Kier alpha value is -1.81. The third-order valence-electron chi connectivity index (χ3n) is 2.30. The van der Waals surface area contributed by atoms with Gasteiger partial charge in [0, 0.05) is 13.1 Å². The van der Waals surface area contributed by atoms with Gasteiger partial charge >= 0.3 is 0 Å². The van der Waals surface area contributed by atoms with Gasteiger partial charge in [-0.25, -0.2) is 0 Å².